The third-order valence-corrected chi connectivity index (χ3v) is 5.38. The summed E-state index contributed by atoms with van der Waals surface area (Å²) in [7, 11) is 1.63. The van der Waals surface area contributed by atoms with Crippen molar-refractivity contribution in [2.24, 2.45) is 0 Å². The van der Waals surface area contributed by atoms with Gasteiger partial charge in [-0.1, -0.05) is 42.2 Å². The normalized spacial score (nSPS) is 17.8. The Kier molecular flexibility index (Phi) is 4.53. The number of ether oxygens (including phenoxy) is 2. The number of fused-ring (bicyclic) bond motifs is 1. The molecule has 0 saturated carbocycles. The van der Waals surface area contributed by atoms with E-state index in [-0.39, 0.29) is 5.91 Å². The summed E-state index contributed by atoms with van der Waals surface area (Å²) >= 11 is 6.71. The zero-order chi connectivity index (χ0) is 18.1. The van der Waals surface area contributed by atoms with Crippen molar-refractivity contribution in [3.63, 3.8) is 0 Å². The first-order valence-electron chi connectivity index (χ1n) is 8.00. The number of amides is 1. The van der Waals surface area contributed by atoms with Gasteiger partial charge in [0.15, 0.2) is 4.32 Å². The quantitative estimate of drug-likeness (QED) is 0.581. The van der Waals surface area contributed by atoms with Crippen LogP contribution in [0.2, 0.25) is 0 Å². The lowest BCUT2D eigenvalue weighted by atomic mass is 10.1. The van der Waals surface area contributed by atoms with Crippen LogP contribution in [-0.2, 0) is 4.79 Å². The lowest BCUT2D eigenvalue weighted by Crippen LogP contribution is -2.27. The van der Waals surface area contributed by atoms with Crippen LogP contribution in [0.1, 0.15) is 5.56 Å². The molecule has 4 nitrogen and oxygen atoms in total. The first-order valence-corrected chi connectivity index (χ1v) is 9.22. The van der Waals surface area contributed by atoms with Gasteiger partial charge in [0, 0.05) is 11.6 Å². The SMILES string of the molecule is COc1ccc2c(c1)OCC(/C=C1\SC(=S)N(c3ccccc3)C1=O)=C2. The predicted molar refractivity (Wildman–Crippen MR) is 109 cm³/mol. The fraction of sp³-hybridized carbons (Fsp3) is 0.100. The van der Waals surface area contributed by atoms with Crippen LogP contribution >= 0.6 is 24.0 Å². The molecule has 0 N–H and O–H groups in total. The fourth-order valence-electron chi connectivity index (χ4n) is 2.81. The summed E-state index contributed by atoms with van der Waals surface area (Å²) in [6.07, 6.45) is 3.88. The molecule has 6 heteroatoms. The summed E-state index contributed by atoms with van der Waals surface area (Å²) in [6.45, 7) is 0.398. The average Bonchev–Trinajstić information content (AvgIpc) is 2.95. The fourth-order valence-corrected chi connectivity index (χ4v) is 4.12. The monoisotopic (exact) mass is 381 g/mol. The molecule has 0 aliphatic carbocycles. The Morgan fingerprint density at radius 2 is 2.04 bits per heavy atom. The number of carbonyl (C=O) groups is 1. The molecule has 2 heterocycles. The molecule has 2 aromatic carbocycles. The molecule has 2 aliphatic rings. The highest BCUT2D eigenvalue weighted by Gasteiger charge is 2.33. The van der Waals surface area contributed by atoms with Crippen molar-refractivity contribution >= 4 is 46.0 Å². The molecule has 26 heavy (non-hydrogen) atoms. The number of rotatable bonds is 3. The Balaban J connectivity index is 1.62. The molecule has 1 amide bonds. The van der Waals surface area contributed by atoms with Gasteiger partial charge >= 0.3 is 0 Å². The van der Waals surface area contributed by atoms with Crippen molar-refractivity contribution in [1.29, 1.82) is 0 Å². The number of methoxy groups -OCH3 is 1. The average molecular weight is 381 g/mol. The Labute approximate surface area is 161 Å². The number of thioether (sulfide) groups is 1. The molecule has 1 fully saturated rings. The number of hydrogen-bond donors (Lipinski definition) is 0. The topological polar surface area (TPSA) is 38.8 Å². The lowest BCUT2D eigenvalue weighted by molar-refractivity contribution is -0.113. The maximum atomic E-state index is 12.8. The van der Waals surface area contributed by atoms with Gasteiger partial charge in [-0.3, -0.25) is 9.69 Å². The largest absolute Gasteiger partial charge is 0.497 e. The van der Waals surface area contributed by atoms with E-state index in [9.17, 15) is 4.79 Å². The minimum absolute atomic E-state index is 0.104. The summed E-state index contributed by atoms with van der Waals surface area (Å²) in [5.41, 5.74) is 2.67. The van der Waals surface area contributed by atoms with Gasteiger partial charge in [-0.05, 0) is 42.0 Å². The van der Waals surface area contributed by atoms with Crippen LogP contribution in [0.3, 0.4) is 0 Å². The smallest absolute Gasteiger partial charge is 0.270 e. The Morgan fingerprint density at radius 1 is 1.23 bits per heavy atom. The summed E-state index contributed by atoms with van der Waals surface area (Å²) in [5, 5.41) is 0. The van der Waals surface area contributed by atoms with E-state index >= 15 is 0 Å². The second-order valence-electron chi connectivity index (χ2n) is 5.76. The molecular weight excluding hydrogens is 366 g/mol. The molecule has 4 rings (SSSR count). The number of benzene rings is 2. The van der Waals surface area contributed by atoms with Crippen LogP contribution < -0.4 is 14.4 Å². The van der Waals surface area contributed by atoms with Gasteiger partial charge in [-0.15, -0.1) is 0 Å². The van der Waals surface area contributed by atoms with Gasteiger partial charge in [-0.25, -0.2) is 0 Å². The van der Waals surface area contributed by atoms with E-state index in [1.54, 1.807) is 12.0 Å². The maximum Gasteiger partial charge on any atom is 0.270 e. The molecule has 2 aromatic rings. The molecular formula is C20H15NO3S2. The first-order chi connectivity index (χ1) is 12.7. The van der Waals surface area contributed by atoms with E-state index in [1.807, 2.05) is 60.7 Å². The molecule has 1 saturated heterocycles. The number of thiocarbonyl (C=S) groups is 1. The van der Waals surface area contributed by atoms with E-state index in [0.29, 0.717) is 15.8 Å². The summed E-state index contributed by atoms with van der Waals surface area (Å²) in [6, 6.07) is 15.1. The van der Waals surface area contributed by atoms with Crippen molar-refractivity contribution < 1.29 is 14.3 Å². The molecule has 0 radical (unpaired) electrons. The molecule has 2 aliphatic heterocycles. The van der Waals surface area contributed by atoms with Crippen molar-refractivity contribution in [2.75, 3.05) is 18.6 Å². The number of carbonyl (C=O) groups excluding carboxylic acids is 1. The number of nitrogens with zero attached hydrogens (tertiary/aromatic N) is 1. The Morgan fingerprint density at radius 3 is 2.81 bits per heavy atom. The highest BCUT2D eigenvalue weighted by atomic mass is 32.2. The van der Waals surface area contributed by atoms with Gasteiger partial charge in [0.1, 0.15) is 18.1 Å². The van der Waals surface area contributed by atoms with Gasteiger partial charge in [0.05, 0.1) is 17.7 Å². The zero-order valence-corrected chi connectivity index (χ0v) is 15.6. The second-order valence-corrected chi connectivity index (χ2v) is 7.44. The van der Waals surface area contributed by atoms with Crippen LogP contribution in [0.15, 0.2) is 65.1 Å². The molecule has 0 atom stereocenters. The number of hydrogen-bond acceptors (Lipinski definition) is 5. The van der Waals surface area contributed by atoms with Crippen LogP contribution in [-0.4, -0.2) is 23.9 Å². The molecule has 0 spiro atoms. The lowest BCUT2D eigenvalue weighted by Gasteiger charge is -2.17. The van der Waals surface area contributed by atoms with Gasteiger partial charge in [-0.2, -0.15) is 0 Å². The van der Waals surface area contributed by atoms with Gasteiger partial charge < -0.3 is 9.47 Å². The van der Waals surface area contributed by atoms with E-state index in [0.717, 1.165) is 28.3 Å². The van der Waals surface area contributed by atoms with E-state index in [1.165, 1.54) is 11.8 Å². The van der Waals surface area contributed by atoms with Crippen LogP contribution in [0.25, 0.3) is 6.08 Å². The van der Waals surface area contributed by atoms with E-state index in [2.05, 4.69) is 0 Å². The predicted octanol–water partition coefficient (Wildman–Crippen LogP) is 4.42. The third-order valence-electron chi connectivity index (χ3n) is 4.08. The Bertz CT molecular complexity index is 951. The van der Waals surface area contributed by atoms with Crippen LogP contribution in [0, 0.1) is 0 Å². The minimum Gasteiger partial charge on any atom is -0.497 e. The van der Waals surface area contributed by atoms with Crippen molar-refractivity contribution in [2.45, 2.75) is 0 Å². The molecule has 0 unspecified atom stereocenters. The van der Waals surface area contributed by atoms with Gasteiger partial charge in [0.2, 0.25) is 0 Å². The number of para-hydroxylation sites is 1. The molecule has 0 bridgehead atoms. The highest BCUT2D eigenvalue weighted by molar-refractivity contribution is 8.27. The first kappa shape index (κ1) is 16.9. The molecule has 0 aromatic heterocycles. The summed E-state index contributed by atoms with van der Waals surface area (Å²) in [5.74, 6) is 1.43. The van der Waals surface area contributed by atoms with Crippen LogP contribution in [0.4, 0.5) is 5.69 Å². The second kappa shape index (κ2) is 6.97. The van der Waals surface area contributed by atoms with Gasteiger partial charge in [0.25, 0.3) is 5.91 Å². The molecule has 130 valence electrons. The van der Waals surface area contributed by atoms with Crippen molar-refractivity contribution in [3.8, 4) is 11.5 Å². The van der Waals surface area contributed by atoms with E-state index in [4.69, 9.17) is 21.7 Å². The third kappa shape index (κ3) is 3.13. The standard InChI is InChI=1S/C20H15NO3S2/c1-23-16-8-7-14-9-13(12-24-17(14)11-16)10-18-19(22)21(20(25)26-18)15-5-3-2-4-6-15/h2-11H,12H2,1H3/b18-10-. The summed E-state index contributed by atoms with van der Waals surface area (Å²) < 4.78 is 11.6. The minimum atomic E-state index is -0.104. The van der Waals surface area contributed by atoms with Crippen molar-refractivity contribution in [1.82, 2.24) is 0 Å². The summed E-state index contributed by atoms with van der Waals surface area (Å²) in [4.78, 5) is 15.0. The maximum absolute atomic E-state index is 12.8. The number of anilines is 1. The van der Waals surface area contributed by atoms with E-state index < -0.39 is 0 Å². The zero-order valence-electron chi connectivity index (χ0n) is 14.0. The van der Waals surface area contributed by atoms with Crippen LogP contribution in [0.5, 0.6) is 11.5 Å². The van der Waals surface area contributed by atoms with Crippen molar-refractivity contribution in [3.05, 3.63) is 70.6 Å². The Hall–Kier alpha value is -2.57. The highest BCUT2D eigenvalue weighted by Crippen LogP contribution is 2.37.